The third kappa shape index (κ3) is 4.44. The van der Waals surface area contributed by atoms with Crippen LogP contribution in [-0.2, 0) is 6.54 Å². The fourth-order valence-electron chi connectivity index (χ4n) is 2.57. The Morgan fingerprint density at radius 2 is 1.62 bits per heavy atom. The number of benzene rings is 2. The van der Waals surface area contributed by atoms with Crippen LogP contribution in [0.4, 0.5) is 0 Å². The molecule has 1 aliphatic heterocycles. The van der Waals surface area contributed by atoms with Gasteiger partial charge in [-0.25, -0.2) is 0 Å². The fraction of sp³-hybridized carbons (Fsp3) is 0.250. The van der Waals surface area contributed by atoms with Crippen molar-refractivity contribution in [3.63, 3.8) is 0 Å². The Kier molecular flexibility index (Phi) is 7.71. The summed E-state index contributed by atoms with van der Waals surface area (Å²) >= 11 is 3.50. The molecule has 0 bridgehead atoms. The smallest absolute Gasteiger partial charge is 0.0580 e. The summed E-state index contributed by atoms with van der Waals surface area (Å²) in [7, 11) is 0. The third-order valence-corrected chi connectivity index (χ3v) is 4.06. The Morgan fingerprint density at radius 1 is 0.905 bits per heavy atom. The van der Waals surface area contributed by atoms with Crippen molar-refractivity contribution < 1.29 is 0 Å². The number of hydrogen-bond donors (Lipinski definition) is 2. The summed E-state index contributed by atoms with van der Waals surface area (Å²) in [4.78, 5) is 0. The first-order chi connectivity index (χ1) is 9.34. The highest BCUT2D eigenvalue weighted by atomic mass is 79.9. The topological polar surface area (TPSA) is 24.1 Å². The van der Waals surface area contributed by atoms with Crippen LogP contribution < -0.4 is 10.6 Å². The van der Waals surface area contributed by atoms with Gasteiger partial charge in [-0.2, -0.15) is 0 Å². The first-order valence-corrected chi connectivity index (χ1v) is 7.41. The standard InChI is InChI=1S/C16H17BrN2.2ClH/c17-14-7-5-12(6-8-14)16-15-4-2-1-3-13(15)11-18-9-10-19-16;;/h1-8,16,18-19H,9-11H2;2*1H. The second kappa shape index (κ2) is 8.76. The number of nitrogens with one attached hydrogen (secondary N) is 2. The van der Waals surface area contributed by atoms with Gasteiger partial charge < -0.3 is 10.6 Å². The minimum absolute atomic E-state index is 0. The molecule has 2 nitrogen and oxygen atoms in total. The number of rotatable bonds is 1. The molecule has 0 aromatic heterocycles. The molecule has 0 spiro atoms. The molecule has 0 saturated carbocycles. The highest BCUT2D eigenvalue weighted by molar-refractivity contribution is 9.10. The minimum atomic E-state index is 0. The Morgan fingerprint density at radius 3 is 2.38 bits per heavy atom. The number of fused-ring (bicyclic) bond motifs is 1. The molecular weight excluding hydrogens is 371 g/mol. The highest BCUT2D eigenvalue weighted by Crippen LogP contribution is 2.27. The van der Waals surface area contributed by atoms with E-state index in [0.717, 1.165) is 24.1 Å². The van der Waals surface area contributed by atoms with E-state index in [-0.39, 0.29) is 30.9 Å². The molecule has 3 rings (SSSR count). The Balaban J connectivity index is 0.00000110. The predicted octanol–water partition coefficient (Wildman–Crippen LogP) is 4.07. The Hall–Kier alpha value is -0.580. The van der Waals surface area contributed by atoms with Crippen molar-refractivity contribution in [1.82, 2.24) is 10.6 Å². The van der Waals surface area contributed by atoms with Crippen molar-refractivity contribution in [1.29, 1.82) is 0 Å². The van der Waals surface area contributed by atoms with E-state index in [9.17, 15) is 0 Å². The van der Waals surface area contributed by atoms with E-state index >= 15 is 0 Å². The molecular formula is C16H19BrCl2N2. The highest BCUT2D eigenvalue weighted by Gasteiger charge is 2.18. The van der Waals surface area contributed by atoms with Gasteiger partial charge in [0.1, 0.15) is 0 Å². The van der Waals surface area contributed by atoms with Gasteiger partial charge in [0.15, 0.2) is 0 Å². The second-order valence-electron chi connectivity index (χ2n) is 4.81. The maximum atomic E-state index is 3.64. The lowest BCUT2D eigenvalue weighted by molar-refractivity contribution is 0.538. The van der Waals surface area contributed by atoms with Crippen molar-refractivity contribution in [3.05, 3.63) is 69.7 Å². The molecule has 2 aromatic carbocycles. The Labute approximate surface area is 146 Å². The quantitative estimate of drug-likeness (QED) is 0.767. The summed E-state index contributed by atoms with van der Waals surface area (Å²) in [6.45, 7) is 2.93. The van der Waals surface area contributed by atoms with Gasteiger partial charge in [0, 0.05) is 24.1 Å². The van der Waals surface area contributed by atoms with Crippen LogP contribution in [0.2, 0.25) is 0 Å². The summed E-state index contributed by atoms with van der Waals surface area (Å²) in [6.07, 6.45) is 0. The van der Waals surface area contributed by atoms with Crippen LogP contribution in [-0.4, -0.2) is 13.1 Å². The van der Waals surface area contributed by atoms with Crippen LogP contribution >= 0.6 is 40.7 Å². The van der Waals surface area contributed by atoms with Crippen molar-refractivity contribution >= 4 is 40.7 Å². The van der Waals surface area contributed by atoms with Crippen LogP contribution in [0.25, 0.3) is 0 Å². The molecule has 21 heavy (non-hydrogen) atoms. The molecule has 1 aliphatic rings. The van der Waals surface area contributed by atoms with E-state index < -0.39 is 0 Å². The first kappa shape index (κ1) is 18.5. The maximum Gasteiger partial charge on any atom is 0.0580 e. The van der Waals surface area contributed by atoms with Crippen molar-refractivity contribution in [2.24, 2.45) is 0 Å². The summed E-state index contributed by atoms with van der Waals surface area (Å²) in [5, 5.41) is 7.09. The summed E-state index contributed by atoms with van der Waals surface area (Å²) in [5.74, 6) is 0. The molecule has 0 amide bonds. The van der Waals surface area contributed by atoms with Gasteiger partial charge in [-0.15, -0.1) is 24.8 Å². The normalized spacial score (nSPS) is 17.5. The van der Waals surface area contributed by atoms with Crippen LogP contribution in [0.3, 0.4) is 0 Å². The molecule has 1 atom stereocenters. The van der Waals surface area contributed by atoms with Crippen LogP contribution in [0.1, 0.15) is 22.7 Å². The lowest BCUT2D eigenvalue weighted by Gasteiger charge is -2.25. The SMILES string of the molecule is Brc1ccc(C2NCCNCc3ccccc32)cc1.Cl.Cl. The van der Waals surface area contributed by atoms with Gasteiger partial charge >= 0.3 is 0 Å². The maximum absolute atomic E-state index is 3.64. The zero-order valence-corrected chi connectivity index (χ0v) is 14.7. The lowest BCUT2D eigenvalue weighted by Crippen LogP contribution is -2.34. The molecule has 0 radical (unpaired) electrons. The fourth-order valence-corrected chi connectivity index (χ4v) is 2.83. The largest absolute Gasteiger partial charge is 0.311 e. The average Bonchev–Trinajstić information content (AvgIpc) is 2.42. The van der Waals surface area contributed by atoms with E-state index in [0.29, 0.717) is 0 Å². The summed E-state index contributed by atoms with van der Waals surface area (Å²) in [6, 6.07) is 17.5. The zero-order valence-electron chi connectivity index (χ0n) is 11.5. The van der Waals surface area contributed by atoms with E-state index in [2.05, 4.69) is 75.1 Å². The van der Waals surface area contributed by atoms with Gasteiger partial charge in [0.2, 0.25) is 0 Å². The van der Waals surface area contributed by atoms with E-state index in [1.807, 2.05) is 0 Å². The monoisotopic (exact) mass is 388 g/mol. The molecule has 0 aliphatic carbocycles. The van der Waals surface area contributed by atoms with E-state index in [1.165, 1.54) is 16.7 Å². The average molecular weight is 390 g/mol. The molecule has 0 fully saturated rings. The molecule has 0 saturated heterocycles. The van der Waals surface area contributed by atoms with Crippen molar-refractivity contribution in [2.45, 2.75) is 12.6 Å². The van der Waals surface area contributed by atoms with E-state index in [1.54, 1.807) is 0 Å². The third-order valence-electron chi connectivity index (χ3n) is 3.54. The van der Waals surface area contributed by atoms with Crippen LogP contribution in [0.5, 0.6) is 0 Å². The second-order valence-corrected chi connectivity index (χ2v) is 5.73. The van der Waals surface area contributed by atoms with Crippen molar-refractivity contribution in [3.8, 4) is 0 Å². The first-order valence-electron chi connectivity index (χ1n) is 6.62. The summed E-state index contributed by atoms with van der Waals surface area (Å²) < 4.78 is 1.12. The van der Waals surface area contributed by atoms with Gasteiger partial charge in [-0.1, -0.05) is 52.3 Å². The Bertz CT molecular complexity index is 560. The molecule has 1 heterocycles. The number of halogens is 3. The lowest BCUT2D eigenvalue weighted by atomic mass is 9.93. The van der Waals surface area contributed by atoms with Crippen molar-refractivity contribution in [2.75, 3.05) is 13.1 Å². The van der Waals surface area contributed by atoms with Crippen LogP contribution in [0, 0.1) is 0 Å². The van der Waals surface area contributed by atoms with Gasteiger partial charge in [-0.3, -0.25) is 0 Å². The zero-order chi connectivity index (χ0) is 13.1. The predicted molar refractivity (Wildman–Crippen MR) is 96.6 cm³/mol. The molecule has 1 unspecified atom stereocenters. The van der Waals surface area contributed by atoms with Crippen LogP contribution in [0.15, 0.2) is 53.0 Å². The van der Waals surface area contributed by atoms with Gasteiger partial charge in [0.05, 0.1) is 6.04 Å². The van der Waals surface area contributed by atoms with E-state index in [4.69, 9.17) is 0 Å². The van der Waals surface area contributed by atoms with Gasteiger partial charge in [0.25, 0.3) is 0 Å². The molecule has 2 aromatic rings. The van der Waals surface area contributed by atoms with Gasteiger partial charge in [-0.05, 0) is 28.8 Å². The molecule has 2 N–H and O–H groups in total. The summed E-state index contributed by atoms with van der Waals surface area (Å²) in [5.41, 5.74) is 4.07. The number of hydrogen-bond acceptors (Lipinski definition) is 2. The molecule has 114 valence electrons. The molecule has 5 heteroatoms. The minimum Gasteiger partial charge on any atom is -0.311 e.